The van der Waals surface area contributed by atoms with Crippen LogP contribution in [0.15, 0.2) is 54.9 Å². The van der Waals surface area contributed by atoms with Gasteiger partial charge in [0, 0.05) is 23.7 Å². The number of carboxylic acids is 1. The molecule has 2 heterocycles. The SMILES string of the molecule is Cc1ccc(-c2[nH]c(-c3ccncc3)cc2C(=O)O)cc1. The zero-order valence-electron chi connectivity index (χ0n) is 11.5. The van der Waals surface area contributed by atoms with Gasteiger partial charge in [-0.3, -0.25) is 4.98 Å². The number of hydrogen-bond acceptors (Lipinski definition) is 2. The average molecular weight is 278 g/mol. The van der Waals surface area contributed by atoms with Gasteiger partial charge in [0.05, 0.1) is 11.3 Å². The average Bonchev–Trinajstić information content (AvgIpc) is 2.94. The molecule has 0 aliphatic carbocycles. The Hall–Kier alpha value is -2.88. The summed E-state index contributed by atoms with van der Waals surface area (Å²) in [4.78, 5) is 18.7. The first-order valence-electron chi connectivity index (χ1n) is 6.59. The zero-order valence-corrected chi connectivity index (χ0v) is 11.5. The normalized spacial score (nSPS) is 10.5. The van der Waals surface area contributed by atoms with Crippen molar-refractivity contribution in [1.29, 1.82) is 0 Å². The van der Waals surface area contributed by atoms with E-state index in [2.05, 4.69) is 9.97 Å². The van der Waals surface area contributed by atoms with Gasteiger partial charge in [-0.2, -0.15) is 0 Å². The Morgan fingerprint density at radius 1 is 1.05 bits per heavy atom. The number of aromatic amines is 1. The van der Waals surface area contributed by atoms with E-state index in [0.717, 1.165) is 22.4 Å². The molecule has 0 bridgehead atoms. The molecule has 104 valence electrons. The molecule has 0 saturated heterocycles. The van der Waals surface area contributed by atoms with Crippen molar-refractivity contribution in [1.82, 2.24) is 9.97 Å². The molecule has 0 fully saturated rings. The van der Waals surface area contributed by atoms with Crippen molar-refractivity contribution >= 4 is 5.97 Å². The number of aromatic nitrogens is 2. The van der Waals surface area contributed by atoms with Gasteiger partial charge in [-0.05, 0) is 30.7 Å². The number of aryl methyl sites for hydroxylation is 1. The lowest BCUT2D eigenvalue weighted by atomic mass is 10.1. The second-order valence-corrected chi connectivity index (χ2v) is 4.88. The number of benzene rings is 1. The van der Waals surface area contributed by atoms with Crippen LogP contribution < -0.4 is 0 Å². The molecule has 4 heteroatoms. The minimum absolute atomic E-state index is 0.269. The maximum absolute atomic E-state index is 11.5. The molecule has 4 nitrogen and oxygen atoms in total. The summed E-state index contributed by atoms with van der Waals surface area (Å²) < 4.78 is 0. The van der Waals surface area contributed by atoms with E-state index in [4.69, 9.17) is 0 Å². The van der Waals surface area contributed by atoms with Crippen LogP contribution in [0.25, 0.3) is 22.5 Å². The van der Waals surface area contributed by atoms with Crippen LogP contribution in [0.5, 0.6) is 0 Å². The molecule has 3 aromatic rings. The summed E-state index contributed by atoms with van der Waals surface area (Å²) in [5.74, 6) is -0.942. The van der Waals surface area contributed by atoms with Crippen LogP contribution in [0.1, 0.15) is 15.9 Å². The number of hydrogen-bond donors (Lipinski definition) is 2. The van der Waals surface area contributed by atoms with Crippen LogP contribution in [0.2, 0.25) is 0 Å². The third-order valence-electron chi connectivity index (χ3n) is 3.38. The molecule has 0 atom stereocenters. The van der Waals surface area contributed by atoms with Crippen LogP contribution in [0.3, 0.4) is 0 Å². The van der Waals surface area contributed by atoms with Gasteiger partial charge >= 0.3 is 5.97 Å². The molecule has 21 heavy (non-hydrogen) atoms. The number of nitrogens with zero attached hydrogens (tertiary/aromatic N) is 1. The summed E-state index contributed by atoms with van der Waals surface area (Å²) in [6.45, 7) is 2.00. The van der Waals surface area contributed by atoms with Crippen molar-refractivity contribution in [2.75, 3.05) is 0 Å². The van der Waals surface area contributed by atoms with E-state index < -0.39 is 5.97 Å². The molecule has 2 aromatic heterocycles. The summed E-state index contributed by atoms with van der Waals surface area (Å²) >= 11 is 0. The molecule has 0 aliphatic heterocycles. The highest BCUT2D eigenvalue weighted by atomic mass is 16.4. The lowest BCUT2D eigenvalue weighted by molar-refractivity contribution is 0.0698. The lowest BCUT2D eigenvalue weighted by Gasteiger charge is -2.02. The molecule has 3 rings (SSSR count). The highest BCUT2D eigenvalue weighted by molar-refractivity contribution is 5.97. The van der Waals surface area contributed by atoms with Crippen molar-refractivity contribution in [3.05, 3.63) is 66.0 Å². The van der Waals surface area contributed by atoms with Gasteiger partial charge in [0.1, 0.15) is 0 Å². The topological polar surface area (TPSA) is 66.0 Å². The Kier molecular flexibility index (Phi) is 3.28. The Bertz CT molecular complexity index is 774. The van der Waals surface area contributed by atoms with Gasteiger partial charge < -0.3 is 10.1 Å². The number of aromatic carboxylic acids is 1. The van der Waals surface area contributed by atoms with E-state index >= 15 is 0 Å². The Morgan fingerprint density at radius 3 is 2.33 bits per heavy atom. The monoisotopic (exact) mass is 278 g/mol. The number of pyridine rings is 1. The van der Waals surface area contributed by atoms with Gasteiger partial charge in [-0.1, -0.05) is 29.8 Å². The van der Waals surface area contributed by atoms with Gasteiger partial charge in [0.15, 0.2) is 0 Å². The summed E-state index contributed by atoms with van der Waals surface area (Å²) in [5.41, 5.74) is 4.56. The highest BCUT2D eigenvalue weighted by Gasteiger charge is 2.16. The predicted molar refractivity (Wildman–Crippen MR) is 81.2 cm³/mol. The third kappa shape index (κ3) is 2.56. The summed E-state index contributed by atoms with van der Waals surface area (Å²) in [6.07, 6.45) is 3.37. The van der Waals surface area contributed by atoms with Crippen molar-refractivity contribution < 1.29 is 9.90 Å². The fourth-order valence-electron chi connectivity index (χ4n) is 2.26. The third-order valence-corrected chi connectivity index (χ3v) is 3.38. The quantitative estimate of drug-likeness (QED) is 0.766. The van der Waals surface area contributed by atoms with Gasteiger partial charge in [-0.15, -0.1) is 0 Å². The first-order valence-corrected chi connectivity index (χ1v) is 6.59. The maximum Gasteiger partial charge on any atom is 0.337 e. The molecule has 0 aliphatic rings. The number of nitrogens with one attached hydrogen (secondary N) is 1. The Balaban J connectivity index is 2.14. The number of H-pyrrole nitrogens is 1. The smallest absolute Gasteiger partial charge is 0.337 e. The van der Waals surface area contributed by atoms with E-state index in [-0.39, 0.29) is 5.56 Å². The van der Waals surface area contributed by atoms with Gasteiger partial charge in [0.2, 0.25) is 0 Å². The predicted octanol–water partition coefficient (Wildman–Crippen LogP) is 3.75. The van der Waals surface area contributed by atoms with Crippen LogP contribution in [-0.4, -0.2) is 21.0 Å². The van der Waals surface area contributed by atoms with Crippen molar-refractivity contribution in [2.24, 2.45) is 0 Å². The van der Waals surface area contributed by atoms with Crippen molar-refractivity contribution in [3.8, 4) is 22.5 Å². The Labute approximate surface area is 122 Å². The number of rotatable bonds is 3. The van der Waals surface area contributed by atoms with E-state index in [1.54, 1.807) is 18.5 Å². The van der Waals surface area contributed by atoms with Crippen LogP contribution in [0.4, 0.5) is 0 Å². The van der Waals surface area contributed by atoms with E-state index in [1.165, 1.54) is 0 Å². The molecule has 0 saturated carbocycles. The second kappa shape index (κ2) is 5.25. The highest BCUT2D eigenvalue weighted by Crippen LogP contribution is 2.29. The molecular weight excluding hydrogens is 264 g/mol. The summed E-state index contributed by atoms with van der Waals surface area (Å²) in [6, 6.07) is 13.1. The molecule has 2 N–H and O–H groups in total. The van der Waals surface area contributed by atoms with E-state index in [0.29, 0.717) is 5.69 Å². The van der Waals surface area contributed by atoms with Crippen molar-refractivity contribution in [3.63, 3.8) is 0 Å². The molecule has 0 amide bonds. The molecular formula is C17H14N2O2. The number of carboxylic acid groups (broad SMARTS) is 1. The van der Waals surface area contributed by atoms with E-state index in [1.807, 2.05) is 43.3 Å². The standard InChI is InChI=1S/C17H14N2O2/c1-11-2-4-13(5-3-11)16-14(17(20)21)10-15(19-16)12-6-8-18-9-7-12/h2-10,19H,1H3,(H,20,21). The molecule has 0 spiro atoms. The van der Waals surface area contributed by atoms with Crippen LogP contribution in [0, 0.1) is 6.92 Å². The molecule has 1 aromatic carbocycles. The second-order valence-electron chi connectivity index (χ2n) is 4.88. The minimum atomic E-state index is -0.942. The Morgan fingerprint density at radius 2 is 1.71 bits per heavy atom. The van der Waals surface area contributed by atoms with Gasteiger partial charge in [0.25, 0.3) is 0 Å². The molecule has 0 unspecified atom stereocenters. The lowest BCUT2D eigenvalue weighted by Crippen LogP contribution is -1.96. The van der Waals surface area contributed by atoms with Gasteiger partial charge in [-0.25, -0.2) is 4.79 Å². The first-order chi connectivity index (χ1) is 10.1. The van der Waals surface area contributed by atoms with E-state index in [9.17, 15) is 9.90 Å². The summed E-state index contributed by atoms with van der Waals surface area (Å²) in [5, 5.41) is 9.41. The maximum atomic E-state index is 11.5. The fourth-order valence-corrected chi connectivity index (χ4v) is 2.26. The van der Waals surface area contributed by atoms with Crippen LogP contribution in [-0.2, 0) is 0 Å². The largest absolute Gasteiger partial charge is 0.478 e. The summed E-state index contributed by atoms with van der Waals surface area (Å²) in [7, 11) is 0. The first kappa shape index (κ1) is 13.1. The van der Waals surface area contributed by atoms with Crippen molar-refractivity contribution in [2.45, 2.75) is 6.92 Å². The van der Waals surface area contributed by atoms with Crippen LogP contribution >= 0.6 is 0 Å². The molecule has 0 radical (unpaired) electrons. The number of carbonyl (C=O) groups is 1. The zero-order chi connectivity index (χ0) is 14.8. The fraction of sp³-hybridized carbons (Fsp3) is 0.0588. The minimum Gasteiger partial charge on any atom is -0.478 e.